The molecule has 1 aliphatic rings. The summed E-state index contributed by atoms with van der Waals surface area (Å²) in [5, 5.41) is 0. The third kappa shape index (κ3) is 4.21. The molecule has 0 radical (unpaired) electrons. The van der Waals surface area contributed by atoms with Crippen LogP contribution in [0.15, 0.2) is 71.6 Å². The van der Waals surface area contributed by atoms with Gasteiger partial charge in [0.15, 0.2) is 9.84 Å². The van der Waals surface area contributed by atoms with Gasteiger partial charge in [0.2, 0.25) is 5.91 Å². The number of hydrogen-bond acceptors (Lipinski definition) is 4. The third-order valence-corrected chi connectivity index (χ3v) is 6.77. The average Bonchev–Trinajstić information content (AvgIpc) is 2.73. The first kappa shape index (κ1) is 21.1. The average molecular weight is 436 g/mol. The minimum Gasteiger partial charge on any atom is -0.456 e. The molecule has 1 atom stereocenters. The molecule has 0 bridgehead atoms. The maximum atomic E-state index is 12.4. The topological polar surface area (TPSA) is 63.7 Å². The number of anilines is 1. The highest BCUT2D eigenvalue weighted by Crippen LogP contribution is 2.44. The van der Waals surface area contributed by atoms with Gasteiger partial charge in [-0.25, -0.2) is 8.42 Å². The smallest absolute Gasteiger partial charge is 0.224 e. The van der Waals surface area contributed by atoms with Crippen LogP contribution in [0.4, 0.5) is 5.69 Å². The summed E-state index contributed by atoms with van der Waals surface area (Å²) >= 11 is 0. The Morgan fingerprint density at radius 1 is 1.00 bits per heavy atom. The van der Waals surface area contributed by atoms with E-state index in [0.29, 0.717) is 11.5 Å². The van der Waals surface area contributed by atoms with E-state index in [-0.39, 0.29) is 16.8 Å². The van der Waals surface area contributed by atoms with E-state index in [9.17, 15) is 13.2 Å². The van der Waals surface area contributed by atoms with Crippen molar-refractivity contribution in [1.29, 1.82) is 0 Å². The van der Waals surface area contributed by atoms with Crippen molar-refractivity contribution >= 4 is 21.4 Å². The molecule has 1 aliphatic heterocycles. The Bertz CT molecular complexity index is 1220. The van der Waals surface area contributed by atoms with Crippen LogP contribution in [0.2, 0.25) is 0 Å². The molecule has 0 aromatic heterocycles. The number of amides is 1. The number of sulfone groups is 1. The second-order valence-electron chi connectivity index (χ2n) is 7.93. The number of benzene rings is 3. The fourth-order valence-corrected chi connectivity index (χ4v) is 4.75. The van der Waals surface area contributed by atoms with Crippen LogP contribution in [0.5, 0.6) is 11.5 Å². The predicted molar refractivity (Wildman–Crippen MR) is 122 cm³/mol. The molecule has 0 saturated heterocycles. The van der Waals surface area contributed by atoms with Crippen LogP contribution in [0, 0.1) is 0 Å². The quantitative estimate of drug-likeness (QED) is 0.562. The highest BCUT2D eigenvalue weighted by molar-refractivity contribution is 7.90. The van der Waals surface area contributed by atoms with Gasteiger partial charge in [-0.3, -0.25) is 4.79 Å². The molecule has 6 heteroatoms. The molecule has 0 N–H and O–H groups in total. The van der Waals surface area contributed by atoms with Crippen molar-refractivity contribution in [2.24, 2.45) is 0 Å². The summed E-state index contributed by atoms with van der Waals surface area (Å²) in [5.74, 6) is 1.41. The number of fused-ring (bicyclic) bond motifs is 1. The van der Waals surface area contributed by atoms with Gasteiger partial charge >= 0.3 is 0 Å². The van der Waals surface area contributed by atoms with Crippen molar-refractivity contribution in [3.05, 3.63) is 72.3 Å². The lowest BCUT2D eigenvalue weighted by Gasteiger charge is -2.36. The van der Waals surface area contributed by atoms with Crippen molar-refractivity contribution in [2.45, 2.75) is 37.6 Å². The van der Waals surface area contributed by atoms with Crippen LogP contribution >= 0.6 is 0 Å². The minimum absolute atomic E-state index is 0.00404. The minimum atomic E-state index is -3.27. The molecule has 1 unspecified atom stereocenters. The molecular formula is C25H25NO4S. The van der Waals surface area contributed by atoms with Gasteiger partial charge in [0.25, 0.3) is 0 Å². The van der Waals surface area contributed by atoms with Gasteiger partial charge in [-0.1, -0.05) is 30.3 Å². The summed E-state index contributed by atoms with van der Waals surface area (Å²) in [7, 11) is -3.27. The van der Waals surface area contributed by atoms with Gasteiger partial charge < -0.3 is 9.64 Å². The fraction of sp³-hybridized carbons (Fsp3) is 0.240. The molecule has 0 spiro atoms. The van der Waals surface area contributed by atoms with Crippen molar-refractivity contribution in [2.75, 3.05) is 11.2 Å². The first-order valence-corrected chi connectivity index (χ1v) is 12.1. The first-order valence-electron chi connectivity index (χ1n) is 10.2. The molecule has 160 valence electrons. The van der Waals surface area contributed by atoms with Crippen LogP contribution in [0.1, 0.15) is 25.8 Å². The molecule has 1 heterocycles. The molecule has 31 heavy (non-hydrogen) atoms. The van der Waals surface area contributed by atoms with E-state index in [0.717, 1.165) is 35.2 Å². The van der Waals surface area contributed by atoms with E-state index in [1.165, 1.54) is 6.26 Å². The zero-order chi connectivity index (χ0) is 22.2. The van der Waals surface area contributed by atoms with Gasteiger partial charge in [0, 0.05) is 30.3 Å². The maximum Gasteiger partial charge on any atom is 0.224 e. The van der Waals surface area contributed by atoms with E-state index in [2.05, 4.69) is 6.92 Å². The maximum absolute atomic E-state index is 12.4. The molecule has 0 saturated carbocycles. The number of para-hydroxylation sites is 1. The van der Waals surface area contributed by atoms with Crippen LogP contribution in [-0.2, 0) is 21.1 Å². The van der Waals surface area contributed by atoms with Crippen LogP contribution < -0.4 is 9.64 Å². The predicted octanol–water partition coefficient (Wildman–Crippen LogP) is 5.24. The zero-order valence-corrected chi connectivity index (χ0v) is 18.6. The molecule has 3 aromatic rings. The Kier molecular flexibility index (Phi) is 5.58. The van der Waals surface area contributed by atoms with E-state index >= 15 is 0 Å². The van der Waals surface area contributed by atoms with Crippen LogP contribution in [0.25, 0.3) is 11.1 Å². The molecule has 1 amide bonds. The number of rotatable bonds is 4. The third-order valence-electron chi connectivity index (χ3n) is 5.64. The number of carbonyl (C=O) groups is 1. The second-order valence-corrected chi connectivity index (χ2v) is 9.94. The van der Waals surface area contributed by atoms with Crippen molar-refractivity contribution in [3.8, 4) is 22.6 Å². The summed E-state index contributed by atoms with van der Waals surface area (Å²) in [6, 6.07) is 20.4. The zero-order valence-electron chi connectivity index (χ0n) is 17.8. The molecular weight excluding hydrogens is 410 g/mol. The number of hydrogen-bond donors (Lipinski definition) is 0. The van der Waals surface area contributed by atoms with E-state index in [1.807, 2.05) is 47.4 Å². The van der Waals surface area contributed by atoms with Gasteiger partial charge in [0.05, 0.1) is 10.6 Å². The summed E-state index contributed by atoms with van der Waals surface area (Å²) in [6.45, 7) is 3.64. The Labute approximate surface area is 183 Å². The van der Waals surface area contributed by atoms with Crippen LogP contribution in [-0.4, -0.2) is 26.6 Å². The lowest BCUT2D eigenvalue weighted by molar-refractivity contribution is -0.117. The Morgan fingerprint density at radius 3 is 2.29 bits per heavy atom. The second kappa shape index (κ2) is 8.19. The van der Waals surface area contributed by atoms with E-state index in [4.69, 9.17) is 4.74 Å². The summed E-state index contributed by atoms with van der Waals surface area (Å²) in [6.07, 6.45) is 2.83. The standard InChI is InChI=1S/C25H25NO4S/c1-17-9-14-23-24(26(17)18(2)27)16-15-22(25(23)30-20-7-5-4-6-8-20)19-10-12-21(13-11-19)31(3,28)29/h4-8,10-13,15-17H,9,14H2,1-3H3. The van der Waals surface area contributed by atoms with E-state index < -0.39 is 9.84 Å². The fourth-order valence-electron chi connectivity index (χ4n) is 4.12. The van der Waals surface area contributed by atoms with Crippen molar-refractivity contribution in [1.82, 2.24) is 0 Å². The summed E-state index contributed by atoms with van der Waals surface area (Å²) in [4.78, 5) is 14.5. The van der Waals surface area contributed by atoms with Gasteiger partial charge in [0.1, 0.15) is 11.5 Å². The summed E-state index contributed by atoms with van der Waals surface area (Å²) < 4.78 is 30.1. The Hall–Kier alpha value is -3.12. The normalized spacial score (nSPS) is 16.0. The SMILES string of the molecule is CC(=O)N1c2ccc(-c3ccc(S(C)(=O)=O)cc3)c(Oc3ccccc3)c2CCC1C. The Morgan fingerprint density at radius 2 is 1.68 bits per heavy atom. The summed E-state index contributed by atoms with van der Waals surface area (Å²) in [5.41, 5.74) is 3.57. The largest absolute Gasteiger partial charge is 0.456 e. The highest BCUT2D eigenvalue weighted by Gasteiger charge is 2.30. The molecule has 4 rings (SSSR count). The van der Waals surface area contributed by atoms with Crippen molar-refractivity contribution < 1.29 is 17.9 Å². The molecule has 0 aliphatic carbocycles. The van der Waals surface area contributed by atoms with E-state index in [1.54, 1.807) is 31.2 Å². The number of carbonyl (C=O) groups excluding carboxylic acids is 1. The Balaban J connectivity index is 1.88. The van der Waals surface area contributed by atoms with Gasteiger partial charge in [-0.05, 0) is 61.7 Å². The lowest BCUT2D eigenvalue weighted by Crippen LogP contribution is -2.40. The molecule has 3 aromatic carbocycles. The first-order chi connectivity index (χ1) is 14.8. The highest BCUT2D eigenvalue weighted by atomic mass is 32.2. The van der Waals surface area contributed by atoms with Crippen LogP contribution in [0.3, 0.4) is 0 Å². The van der Waals surface area contributed by atoms with Crippen molar-refractivity contribution in [3.63, 3.8) is 0 Å². The molecule has 0 fully saturated rings. The molecule has 5 nitrogen and oxygen atoms in total. The van der Waals surface area contributed by atoms with Gasteiger partial charge in [-0.2, -0.15) is 0 Å². The number of nitrogens with zero attached hydrogens (tertiary/aromatic N) is 1. The lowest BCUT2D eigenvalue weighted by atomic mass is 9.91. The monoisotopic (exact) mass is 435 g/mol. The van der Waals surface area contributed by atoms with Gasteiger partial charge in [-0.15, -0.1) is 0 Å². The number of ether oxygens (including phenoxy) is 1.